The molecule has 0 bridgehead atoms. The number of hydrogen-bond acceptors (Lipinski definition) is 4. The van der Waals surface area contributed by atoms with Crippen molar-refractivity contribution in [2.75, 3.05) is 39.3 Å². The maximum atomic E-state index is 13.1. The number of hydrogen-bond donors (Lipinski definition) is 1. The van der Waals surface area contributed by atoms with Gasteiger partial charge in [0.05, 0.1) is 11.3 Å². The van der Waals surface area contributed by atoms with Gasteiger partial charge in [0.1, 0.15) is 5.15 Å². The Balaban J connectivity index is 1.22. The standard InChI is InChI=1S/C25H30Cl2N4O2/c1-15-5-6-18(10-21(15)26)24(32)28-7-4-8-30-11-19-13-31(14-20(19)12-30)25(33)23-16(2)9-22(27)29-17(23)3/h5-6,9-10,19-20H,4,7-8,11-14H2,1-3H3,(H,28,32). The second-order valence-corrected chi connectivity index (χ2v) is 10.1. The van der Waals surface area contributed by atoms with Crippen LogP contribution < -0.4 is 5.32 Å². The molecule has 1 N–H and O–H groups in total. The number of amides is 2. The molecule has 0 aliphatic carbocycles. The summed E-state index contributed by atoms with van der Waals surface area (Å²) in [6.45, 7) is 10.8. The number of pyridine rings is 1. The summed E-state index contributed by atoms with van der Waals surface area (Å²) in [5.74, 6) is 0.971. The van der Waals surface area contributed by atoms with Crippen LogP contribution in [0.25, 0.3) is 0 Å². The van der Waals surface area contributed by atoms with Gasteiger partial charge in [-0.25, -0.2) is 4.98 Å². The Morgan fingerprint density at radius 3 is 2.36 bits per heavy atom. The molecule has 0 spiro atoms. The largest absolute Gasteiger partial charge is 0.352 e. The van der Waals surface area contributed by atoms with Crippen molar-refractivity contribution in [2.45, 2.75) is 27.2 Å². The Bertz CT molecular complexity index is 1040. The second-order valence-electron chi connectivity index (χ2n) is 9.29. The first-order chi connectivity index (χ1) is 15.7. The molecule has 0 radical (unpaired) electrons. The van der Waals surface area contributed by atoms with Gasteiger partial charge in [0.25, 0.3) is 11.8 Å². The van der Waals surface area contributed by atoms with Gasteiger partial charge in [-0.1, -0.05) is 29.3 Å². The monoisotopic (exact) mass is 488 g/mol. The molecule has 2 amide bonds. The molecular weight excluding hydrogens is 459 g/mol. The molecule has 0 saturated carbocycles. The third-order valence-corrected chi connectivity index (χ3v) is 7.40. The molecule has 2 atom stereocenters. The third kappa shape index (κ3) is 5.34. The number of benzene rings is 1. The Hall–Kier alpha value is -2.15. The quantitative estimate of drug-likeness (QED) is 0.490. The maximum absolute atomic E-state index is 13.1. The van der Waals surface area contributed by atoms with E-state index in [4.69, 9.17) is 23.2 Å². The fourth-order valence-corrected chi connectivity index (χ4v) is 5.52. The Kier molecular flexibility index (Phi) is 7.27. The van der Waals surface area contributed by atoms with E-state index < -0.39 is 0 Å². The van der Waals surface area contributed by atoms with E-state index in [0.717, 1.165) is 50.3 Å². The summed E-state index contributed by atoms with van der Waals surface area (Å²) in [6.07, 6.45) is 0.891. The maximum Gasteiger partial charge on any atom is 0.255 e. The van der Waals surface area contributed by atoms with E-state index in [9.17, 15) is 9.59 Å². The van der Waals surface area contributed by atoms with Crippen LogP contribution in [0.15, 0.2) is 24.3 Å². The van der Waals surface area contributed by atoms with E-state index in [1.54, 1.807) is 18.2 Å². The van der Waals surface area contributed by atoms with Gasteiger partial charge in [0.15, 0.2) is 0 Å². The molecule has 2 fully saturated rings. The number of aryl methyl sites for hydroxylation is 3. The molecule has 1 aromatic carbocycles. The van der Waals surface area contributed by atoms with E-state index >= 15 is 0 Å². The highest BCUT2D eigenvalue weighted by Gasteiger charge is 2.41. The Labute approximate surface area is 205 Å². The smallest absolute Gasteiger partial charge is 0.255 e. The minimum absolute atomic E-state index is 0.0639. The molecule has 4 rings (SSSR count). The number of likely N-dealkylation sites (tertiary alicyclic amines) is 2. The molecule has 1 aromatic heterocycles. The first kappa shape index (κ1) is 24.0. The lowest BCUT2D eigenvalue weighted by Gasteiger charge is -2.23. The molecule has 33 heavy (non-hydrogen) atoms. The third-order valence-electron chi connectivity index (χ3n) is 6.80. The predicted octanol–water partition coefficient (Wildman–Crippen LogP) is 4.14. The van der Waals surface area contributed by atoms with Gasteiger partial charge < -0.3 is 15.1 Å². The Morgan fingerprint density at radius 1 is 1.03 bits per heavy atom. The molecule has 3 heterocycles. The molecular formula is C25H30Cl2N4O2. The van der Waals surface area contributed by atoms with Crippen LogP contribution in [0.5, 0.6) is 0 Å². The molecule has 2 aliphatic rings. The van der Waals surface area contributed by atoms with Crippen LogP contribution in [0.4, 0.5) is 0 Å². The molecule has 2 aliphatic heterocycles. The van der Waals surface area contributed by atoms with E-state index in [1.165, 1.54) is 0 Å². The number of halogens is 2. The highest BCUT2D eigenvalue weighted by molar-refractivity contribution is 6.31. The zero-order valence-corrected chi connectivity index (χ0v) is 20.8. The number of nitrogens with one attached hydrogen (secondary N) is 1. The van der Waals surface area contributed by atoms with Gasteiger partial charge in [0.2, 0.25) is 0 Å². The van der Waals surface area contributed by atoms with Crippen LogP contribution in [-0.2, 0) is 0 Å². The minimum Gasteiger partial charge on any atom is -0.352 e. The summed E-state index contributed by atoms with van der Waals surface area (Å²) < 4.78 is 0. The topological polar surface area (TPSA) is 65.5 Å². The lowest BCUT2D eigenvalue weighted by molar-refractivity contribution is 0.0772. The number of nitrogens with zero attached hydrogens (tertiary/aromatic N) is 3. The fraction of sp³-hybridized carbons (Fsp3) is 0.480. The van der Waals surface area contributed by atoms with Gasteiger partial charge >= 0.3 is 0 Å². The van der Waals surface area contributed by atoms with Crippen LogP contribution in [-0.4, -0.2) is 65.9 Å². The Morgan fingerprint density at radius 2 is 1.73 bits per heavy atom. The summed E-state index contributed by atoms with van der Waals surface area (Å²) in [4.78, 5) is 34.1. The predicted molar refractivity (Wildman–Crippen MR) is 131 cm³/mol. The summed E-state index contributed by atoms with van der Waals surface area (Å²) in [6, 6.07) is 7.13. The van der Waals surface area contributed by atoms with E-state index in [-0.39, 0.29) is 11.8 Å². The van der Waals surface area contributed by atoms with Gasteiger partial charge in [0, 0.05) is 43.3 Å². The first-order valence-electron chi connectivity index (χ1n) is 11.4. The van der Waals surface area contributed by atoms with Crippen LogP contribution >= 0.6 is 23.2 Å². The van der Waals surface area contributed by atoms with Crippen molar-refractivity contribution in [1.29, 1.82) is 0 Å². The number of aromatic nitrogens is 1. The summed E-state index contributed by atoms with van der Waals surface area (Å²) in [7, 11) is 0. The van der Waals surface area contributed by atoms with Crippen LogP contribution in [0.3, 0.4) is 0 Å². The van der Waals surface area contributed by atoms with E-state index in [2.05, 4.69) is 15.2 Å². The zero-order valence-electron chi connectivity index (χ0n) is 19.3. The van der Waals surface area contributed by atoms with Crippen molar-refractivity contribution in [1.82, 2.24) is 20.1 Å². The van der Waals surface area contributed by atoms with Gasteiger partial charge in [-0.15, -0.1) is 0 Å². The highest BCUT2D eigenvalue weighted by atomic mass is 35.5. The zero-order chi connectivity index (χ0) is 23.7. The van der Waals surface area contributed by atoms with Crippen molar-refractivity contribution < 1.29 is 9.59 Å². The minimum atomic E-state index is -0.0911. The molecule has 2 saturated heterocycles. The summed E-state index contributed by atoms with van der Waals surface area (Å²) in [5.41, 5.74) is 3.81. The van der Waals surface area contributed by atoms with Crippen LogP contribution in [0, 0.1) is 32.6 Å². The molecule has 6 nitrogen and oxygen atoms in total. The van der Waals surface area contributed by atoms with Crippen LogP contribution in [0.1, 0.15) is 44.0 Å². The first-order valence-corrected chi connectivity index (χ1v) is 12.2. The average Bonchev–Trinajstić information content (AvgIpc) is 3.31. The molecule has 2 unspecified atom stereocenters. The van der Waals surface area contributed by atoms with Gasteiger partial charge in [-0.3, -0.25) is 9.59 Å². The normalized spacial score (nSPS) is 20.2. The highest BCUT2D eigenvalue weighted by Crippen LogP contribution is 2.32. The SMILES string of the molecule is Cc1ccc(C(=O)NCCCN2CC3CN(C(=O)c4c(C)cc(Cl)nc4C)CC3C2)cc1Cl. The van der Waals surface area contributed by atoms with Crippen molar-refractivity contribution in [3.8, 4) is 0 Å². The number of rotatable bonds is 6. The molecule has 176 valence electrons. The number of carbonyl (C=O) groups excluding carboxylic acids is 2. The number of carbonyl (C=O) groups is 2. The van der Waals surface area contributed by atoms with E-state index in [0.29, 0.717) is 45.4 Å². The van der Waals surface area contributed by atoms with Gasteiger partial charge in [-0.2, -0.15) is 0 Å². The second kappa shape index (κ2) is 10.00. The van der Waals surface area contributed by atoms with Gasteiger partial charge in [-0.05, 0) is 74.9 Å². The molecule has 2 aromatic rings. The lowest BCUT2D eigenvalue weighted by Crippen LogP contribution is -2.35. The fourth-order valence-electron chi connectivity index (χ4n) is 5.05. The molecule has 8 heteroatoms. The summed E-state index contributed by atoms with van der Waals surface area (Å²) in [5, 5.41) is 4.02. The van der Waals surface area contributed by atoms with Crippen molar-refractivity contribution in [3.05, 3.63) is 62.4 Å². The van der Waals surface area contributed by atoms with E-state index in [1.807, 2.05) is 31.7 Å². The average molecular weight is 489 g/mol. The number of fused-ring (bicyclic) bond motifs is 1. The lowest BCUT2D eigenvalue weighted by atomic mass is 10.0. The summed E-state index contributed by atoms with van der Waals surface area (Å²) >= 11 is 12.1. The van der Waals surface area contributed by atoms with Crippen LogP contribution in [0.2, 0.25) is 10.2 Å². The van der Waals surface area contributed by atoms with Crippen molar-refractivity contribution in [3.63, 3.8) is 0 Å². The van der Waals surface area contributed by atoms with Crippen molar-refractivity contribution >= 4 is 35.0 Å². The van der Waals surface area contributed by atoms with Crippen molar-refractivity contribution in [2.24, 2.45) is 11.8 Å².